The number of ether oxygens (including phenoxy) is 1. The molecule has 0 bridgehead atoms. The van der Waals surface area contributed by atoms with Crippen molar-refractivity contribution < 1.29 is 9.53 Å². The van der Waals surface area contributed by atoms with Gasteiger partial charge in [0.15, 0.2) is 0 Å². The van der Waals surface area contributed by atoms with Crippen molar-refractivity contribution in [2.24, 2.45) is 0 Å². The van der Waals surface area contributed by atoms with Crippen molar-refractivity contribution in [3.05, 3.63) is 59.5 Å². The van der Waals surface area contributed by atoms with Crippen molar-refractivity contribution in [1.29, 1.82) is 5.26 Å². The lowest BCUT2D eigenvalue weighted by Gasteiger charge is -2.40. The monoisotopic (exact) mass is 487 g/mol. The van der Waals surface area contributed by atoms with Gasteiger partial charge >= 0.3 is 6.09 Å². The predicted octanol–water partition coefficient (Wildman–Crippen LogP) is 4.55. The maximum Gasteiger partial charge on any atom is 0.410 e. The van der Waals surface area contributed by atoms with Gasteiger partial charge in [-0.25, -0.2) is 14.8 Å². The zero-order valence-corrected chi connectivity index (χ0v) is 21.4. The number of nitriles is 1. The van der Waals surface area contributed by atoms with E-state index >= 15 is 0 Å². The molecule has 0 saturated carbocycles. The normalized spacial score (nSPS) is 13.7. The van der Waals surface area contributed by atoms with E-state index in [-0.39, 0.29) is 6.09 Å². The van der Waals surface area contributed by atoms with Crippen molar-refractivity contribution in [1.82, 2.24) is 24.6 Å². The van der Waals surface area contributed by atoms with Crippen LogP contribution in [0.2, 0.25) is 0 Å². The highest BCUT2D eigenvalue weighted by atomic mass is 16.6. The summed E-state index contributed by atoms with van der Waals surface area (Å²) in [6, 6.07) is 10.7. The Bertz CT molecular complexity index is 1230. The highest BCUT2D eigenvalue weighted by Crippen LogP contribution is 2.28. The van der Waals surface area contributed by atoms with Crippen LogP contribution in [0.4, 0.5) is 10.7 Å². The van der Waals surface area contributed by atoms with E-state index in [2.05, 4.69) is 50.7 Å². The maximum atomic E-state index is 12.1. The van der Waals surface area contributed by atoms with E-state index in [0.29, 0.717) is 44.5 Å². The Labute approximate surface area is 212 Å². The summed E-state index contributed by atoms with van der Waals surface area (Å²) in [7, 11) is 0. The van der Waals surface area contributed by atoms with Crippen molar-refractivity contribution in [2.75, 3.05) is 25.0 Å². The zero-order chi connectivity index (χ0) is 25.7. The van der Waals surface area contributed by atoms with Crippen LogP contribution in [0.3, 0.4) is 0 Å². The molecule has 1 saturated heterocycles. The third kappa shape index (κ3) is 6.39. The largest absolute Gasteiger partial charge is 0.444 e. The van der Waals surface area contributed by atoms with E-state index in [1.165, 1.54) is 11.1 Å². The Morgan fingerprint density at radius 3 is 2.67 bits per heavy atom. The number of likely N-dealkylation sites (tertiary alicyclic amines) is 1. The quantitative estimate of drug-likeness (QED) is 0.496. The lowest BCUT2D eigenvalue weighted by atomic mass is 9.91. The van der Waals surface area contributed by atoms with Gasteiger partial charge in [0.2, 0.25) is 5.95 Å². The molecule has 0 atom stereocenters. The molecule has 4 rings (SSSR count). The first-order chi connectivity index (χ1) is 17.2. The van der Waals surface area contributed by atoms with E-state index < -0.39 is 5.60 Å². The highest BCUT2D eigenvalue weighted by Gasteiger charge is 2.34. The molecule has 36 heavy (non-hydrogen) atoms. The molecule has 0 aliphatic carbocycles. The molecule has 1 aliphatic heterocycles. The van der Waals surface area contributed by atoms with Gasteiger partial charge in [0, 0.05) is 43.5 Å². The summed E-state index contributed by atoms with van der Waals surface area (Å²) in [4.78, 5) is 23.0. The second-order valence-corrected chi connectivity index (χ2v) is 10.1. The number of hydrogen-bond donors (Lipinski definition) is 1. The Hall–Kier alpha value is -3.93. The number of amides is 1. The van der Waals surface area contributed by atoms with E-state index in [1.807, 2.05) is 40.1 Å². The number of benzene rings is 1. The maximum absolute atomic E-state index is 12.1. The van der Waals surface area contributed by atoms with Crippen LogP contribution in [-0.2, 0) is 17.7 Å². The Kier molecular flexibility index (Phi) is 7.53. The molecule has 9 heteroatoms. The molecule has 1 aliphatic rings. The Morgan fingerprint density at radius 1 is 1.22 bits per heavy atom. The molecular weight excluding hydrogens is 454 g/mol. The van der Waals surface area contributed by atoms with Crippen molar-refractivity contribution in [3.63, 3.8) is 0 Å². The molecule has 3 aromatic rings. The van der Waals surface area contributed by atoms with Crippen LogP contribution >= 0.6 is 0 Å². The number of nitrogens with one attached hydrogen (secondary N) is 1. The fraction of sp³-hybridized carbons (Fsp3) is 0.444. The number of aryl methyl sites for hydroxylation is 2. The summed E-state index contributed by atoms with van der Waals surface area (Å²) >= 11 is 0. The lowest BCUT2D eigenvalue weighted by molar-refractivity contribution is 0.00819. The van der Waals surface area contributed by atoms with E-state index in [9.17, 15) is 4.79 Å². The number of anilines is 1. The third-order valence-electron chi connectivity index (χ3n) is 6.01. The van der Waals surface area contributed by atoms with Crippen LogP contribution in [0.25, 0.3) is 11.3 Å². The van der Waals surface area contributed by atoms with Crippen LogP contribution < -0.4 is 5.32 Å². The zero-order valence-electron chi connectivity index (χ0n) is 21.4. The predicted molar refractivity (Wildman–Crippen MR) is 137 cm³/mol. The molecule has 2 aromatic heterocycles. The van der Waals surface area contributed by atoms with Gasteiger partial charge in [0.25, 0.3) is 0 Å². The average molecular weight is 488 g/mol. The van der Waals surface area contributed by atoms with Crippen LogP contribution in [0.5, 0.6) is 0 Å². The van der Waals surface area contributed by atoms with Gasteiger partial charge in [0.1, 0.15) is 5.60 Å². The Balaban J connectivity index is 1.27. The van der Waals surface area contributed by atoms with Crippen LogP contribution in [0.15, 0.2) is 42.9 Å². The molecule has 1 amide bonds. The molecule has 0 unspecified atom stereocenters. The van der Waals surface area contributed by atoms with Gasteiger partial charge in [0.05, 0.1) is 30.9 Å². The average Bonchev–Trinajstić information content (AvgIpc) is 3.26. The number of nitrogens with zero attached hydrogens (tertiary/aromatic N) is 6. The van der Waals surface area contributed by atoms with Gasteiger partial charge < -0.3 is 15.0 Å². The summed E-state index contributed by atoms with van der Waals surface area (Å²) in [5, 5.41) is 16.4. The molecule has 0 spiro atoms. The molecule has 3 heterocycles. The van der Waals surface area contributed by atoms with E-state index in [4.69, 9.17) is 10.00 Å². The van der Waals surface area contributed by atoms with Crippen molar-refractivity contribution >= 4 is 12.0 Å². The summed E-state index contributed by atoms with van der Waals surface area (Å²) < 4.78 is 7.19. The first kappa shape index (κ1) is 25.2. The molecule has 0 radical (unpaired) electrons. The smallest absolute Gasteiger partial charge is 0.410 e. The van der Waals surface area contributed by atoms with Gasteiger partial charge in [-0.15, -0.1) is 0 Å². The molecular formula is C27H33N7O2. The fourth-order valence-electron chi connectivity index (χ4n) is 4.03. The Morgan fingerprint density at radius 2 is 1.97 bits per heavy atom. The third-order valence-corrected chi connectivity index (χ3v) is 6.01. The van der Waals surface area contributed by atoms with Crippen LogP contribution in [0.1, 0.15) is 49.8 Å². The number of rotatable bonds is 8. The minimum absolute atomic E-state index is 0.240. The van der Waals surface area contributed by atoms with Crippen LogP contribution in [-0.4, -0.2) is 56.0 Å². The fourth-order valence-corrected chi connectivity index (χ4v) is 4.03. The van der Waals surface area contributed by atoms with Gasteiger partial charge in [-0.3, -0.25) is 4.68 Å². The minimum Gasteiger partial charge on any atom is -0.444 e. The first-order valence-electron chi connectivity index (χ1n) is 12.3. The molecule has 188 valence electrons. The van der Waals surface area contributed by atoms with Crippen LogP contribution in [0, 0.1) is 18.3 Å². The van der Waals surface area contributed by atoms with Gasteiger partial charge in [-0.05, 0) is 50.8 Å². The molecule has 1 N–H and O–H groups in total. The molecule has 1 fully saturated rings. The molecule has 9 nitrogen and oxygen atoms in total. The van der Waals surface area contributed by atoms with Crippen molar-refractivity contribution in [2.45, 2.75) is 58.6 Å². The summed E-state index contributed by atoms with van der Waals surface area (Å²) in [5.74, 6) is 0.932. The van der Waals surface area contributed by atoms with Gasteiger partial charge in [-0.1, -0.05) is 24.3 Å². The molecule has 1 aromatic carbocycles. The second-order valence-electron chi connectivity index (χ2n) is 10.1. The SMILES string of the molecule is Cc1cnc(NCCc2ccc(C3CN(C(=O)OC(C)(C)C)C3)cc2)nc1-c1cnn(CCC#N)c1. The number of carbonyl (C=O) groups excluding carboxylic acids is 1. The topological polar surface area (TPSA) is 109 Å². The number of hydrogen-bond acceptors (Lipinski definition) is 7. The minimum atomic E-state index is -0.467. The highest BCUT2D eigenvalue weighted by molar-refractivity contribution is 5.69. The van der Waals surface area contributed by atoms with E-state index in [0.717, 1.165) is 23.2 Å². The number of carbonyl (C=O) groups is 1. The van der Waals surface area contributed by atoms with Gasteiger partial charge in [-0.2, -0.15) is 10.4 Å². The second kappa shape index (κ2) is 10.8. The van der Waals surface area contributed by atoms with E-state index in [1.54, 1.807) is 15.8 Å². The number of aromatic nitrogens is 4. The summed E-state index contributed by atoms with van der Waals surface area (Å²) in [5.41, 5.74) is 4.71. The summed E-state index contributed by atoms with van der Waals surface area (Å²) in [6.45, 7) is 10.3. The van der Waals surface area contributed by atoms with Crippen molar-refractivity contribution in [3.8, 4) is 17.3 Å². The summed E-state index contributed by atoms with van der Waals surface area (Å²) in [6.07, 6.45) is 6.51. The standard InChI is InChI=1S/C27H33N7O2/c1-19-14-30-25(32-24(19)22-15-31-34(18-22)13-5-11-28)29-12-10-20-6-8-21(9-7-20)23-16-33(17-23)26(35)36-27(2,3)4/h6-9,14-15,18,23H,5,10,12-13,16-17H2,1-4H3,(H,29,30,32). The lowest BCUT2D eigenvalue weighted by Crippen LogP contribution is -2.50. The first-order valence-corrected chi connectivity index (χ1v) is 12.3.